The zero-order chi connectivity index (χ0) is 17.5. The quantitative estimate of drug-likeness (QED) is 0.674. The van der Waals surface area contributed by atoms with Gasteiger partial charge in [-0.15, -0.1) is 0 Å². The first-order valence-electron chi connectivity index (χ1n) is 8.06. The number of benzene rings is 1. The molecule has 0 N–H and O–H groups in total. The van der Waals surface area contributed by atoms with Crippen LogP contribution in [0.25, 0.3) is 0 Å². The number of carbonyl (C=O) groups is 2. The van der Waals surface area contributed by atoms with E-state index in [1.807, 2.05) is 6.07 Å². The van der Waals surface area contributed by atoms with E-state index in [1.54, 1.807) is 24.1 Å². The molecule has 1 heterocycles. The number of unbranched alkanes of at least 4 members (excludes halogenated alkanes) is 1. The van der Waals surface area contributed by atoms with Crippen LogP contribution in [0.15, 0.2) is 22.7 Å². The number of amides is 2. The number of carbonyl (C=O) groups excluding carboxylic acids is 2. The molecule has 0 aromatic heterocycles. The highest BCUT2D eigenvalue weighted by atomic mass is 79.9. The second kappa shape index (κ2) is 9.03. The Morgan fingerprint density at radius 1 is 1.42 bits per heavy atom. The molecule has 7 heteroatoms. The van der Waals surface area contributed by atoms with Gasteiger partial charge < -0.3 is 14.4 Å². The molecule has 0 saturated heterocycles. The van der Waals surface area contributed by atoms with Crippen LogP contribution in [0, 0.1) is 0 Å². The van der Waals surface area contributed by atoms with Crippen LogP contribution in [0.5, 0.6) is 5.75 Å². The summed E-state index contributed by atoms with van der Waals surface area (Å²) in [6.45, 7) is 3.73. The van der Waals surface area contributed by atoms with Crippen molar-refractivity contribution in [2.24, 2.45) is 0 Å². The zero-order valence-corrected chi connectivity index (χ0v) is 15.7. The molecule has 0 fully saturated rings. The number of halogens is 1. The Morgan fingerprint density at radius 3 is 2.92 bits per heavy atom. The van der Waals surface area contributed by atoms with Crippen LogP contribution in [0.2, 0.25) is 0 Å². The summed E-state index contributed by atoms with van der Waals surface area (Å²) in [5.74, 6) is 0.318. The van der Waals surface area contributed by atoms with Gasteiger partial charge in [-0.2, -0.15) is 0 Å². The normalized spacial score (nSPS) is 13.5. The molecule has 0 radical (unpaired) electrons. The van der Waals surface area contributed by atoms with Crippen LogP contribution in [0.1, 0.15) is 19.8 Å². The van der Waals surface area contributed by atoms with Crippen LogP contribution in [0.3, 0.4) is 0 Å². The Bertz CT molecular complexity index is 586. The van der Waals surface area contributed by atoms with Gasteiger partial charge in [0.05, 0.1) is 12.3 Å². The van der Waals surface area contributed by atoms with E-state index in [1.165, 1.54) is 4.90 Å². The minimum absolute atomic E-state index is 0.0181. The van der Waals surface area contributed by atoms with Crippen molar-refractivity contribution in [3.8, 4) is 5.75 Å². The number of anilines is 1. The van der Waals surface area contributed by atoms with Crippen molar-refractivity contribution in [3.05, 3.63) is 22.7 Å². The van der Waals surface area contributed by atoms with Crippen molar-refractivity contribution in [2.45, 2.75) is 19.8 Å². The van der Waals surface area contributed by atoms with Crippen LogP contribution >= 0.6 is 15.9 Å². The second-order valence-electron chi connectivity index (χ2n) is 5.61. The van der Waals surface area contributed by atoms with E-state index in [-0.39, 0.29) is 25.0 Å². The number of methoxy groups -OCH3 is 1. The monoisotopic (exact) mass is 398 g/mol. The molecule has 2 amide bonds. The van der Waals surface area contributed by atoms with Gasteiger partial charge in [0.1, 0.15) is 12.3 Å². The molecule has 0 unspecified atom stereocenters. The predicted octanol–water partition coefficient (Wildman–Crippen LogP) is 2.45. The van der Waals surface area contributed by atoms with E-state index in [0.717, 1.165) is 17.3 Å². The maximum Gasteiger partial charge on any atom is 0.265 e. The number of fused-ring (bicyclic) bond motifs is 1. The fourth-order valence-electron chi connectivity index (χ4n) is 2.50. The molecule has 1 aliphatic rings. The van der Waals surface area contributed by atoms with E-state index in [0.29, 0.717) is 31.1 Å². The maximum absolute atomic E-state index is 12.7. The lowest BCUT2D eigenvalue weighted by Crippen LogP contribution is -2.47. The minimum atomic E-state index is -0.208. The van der Waals surface area contributed by atoms with Gasteiger partial charge in [-0.1, -0.05) is 29.3 Å². The van der Waals surface area contributed by atoms with E-state index >= 15 is 0 Å². The Labute approximate surface area is 150 Å². The molecule has 1 aliphatic heterocycles. The summed E-state index contributed by atoms with van der Waals surface area (Å²) in [5.41, 5.74) is 0.630. The number of ether oxygens (including phenoxy) is 2. The molecule has 0 spiro atoms. The van der Waals surface area contributed by atoms with Gasteiger partial charge in [0, 0.05) is 24.7 Å². The van der Waals surface area contributed by atoms with Crippen LogP contribution < -0.4 is 9.64 Å². The largest absolute Gasteiger partial charge is 0.482 e. The highest BCUT2D eigenvalue weighted by molar-refractivity contribution is 9.10. The first-order chi connectivity index (χ1) is 11.6. The van der Waals surface area contributed by atoms with E-state index in [2.05, 4.69) is 22.9 Å². The lowest BCUT2D eigenvalue weighted by molar-refractivity contribution is -0.132. The van der Waals surface area contributed by atoms with Crippen LogP contribution in [0.4, 0.5) is 5.69 Å². The maximum atomic E-state index is 12.7. The summed E-state index contributed by atoms with van der Waals surface area (Å²) in [6, 6.07) is 5.42. The molecule has 132 valence electrons. The standard InChI is InChI=1S/C17H23BrN2O4/c1-3-4-7-19(8-9-23-2)16(21)11-20-14-6-5-13(18)10-15(14)24-12-17(20)22/h5-6,10H,3-4,7-9,11-12H2,1-2H3. The Morgan fingerprint density at radius 2 is 2.21 bits per heavy atom. The molecular formula is C17H23BrN2O4. The first kappa shape index (κ1) is 18.7. The number of hydrogen-bond acceptors (Lipinski definition) is 4. The number of rotatable bonds is 8. The van der Waals surface area contributed by atoms with Gasteiger partial charge in [0.15, 0.2) is 6.61 Å². The van der Waals surface area contributed by atoms with Crippen molar-refractivity contribution >= 4 is 33.4 Å². The molecule has 6 nitrogen and oxygen atoms in total. The second-order valence-corrected chi connectivity index (χ2v) is 6.52. The lowest BCUT2D eigenvalue weighted by atomic mass is 10.2. The minimum Gasteiger partial charge on any atom is -0.482 e. The molecule has 0 aliphatic carbocycles. The van der Waals surface area contributed by atoms with Crippen LogP contribution in [-0.4, -0.2) is 56.7 Å². The molecule has 0 bridgehead atoms. The van der Waals surface area contributed by atoms with Crippen molar-refractivity contribution in [2.75, 3.05) is 44.9 Å². The third-order valence-corrected chi connectivity index (χ3v) is 4.35. The van der Waals surface area contributed by atoms with Crippen LogP contribution in [-0.2, 0) is 14.3 Å². The first-order valence-corrected chi connectivity index (χ1v) is 8.85. The predicted molar refractivity (Wildman–Crippen MR) is 95.4 cm³/mol. The highest BCUT2D eigenvalue weighted by Gasteiger charge is 2.28. The average Bonchev–Trinajstić information content (AvgIpc) is 2.57. The summed E-state index contributed by atoms with van der Waals surface area (Å²) >= 11 is 3.38. The van der Waals surface area contributed by atoms with Gasteiger partial charge in [0.2, 0.25) is 5.91 Å². The third-order valence-electron chi connectivity index (χ3n) is 3.86. The summed E-state index contributed by atoms with van der Waals surface area (Å²) < 4.78 is 11.4. The van der Waals surface area contributed by atoms with Gasteiger partial charge in [0.25, 0.3) is 5.91 Å². The topological polar surface area (TPSA) is 59.1 Å². The van der Waals surface area contributed by atoms with Crippen molar-refractivity contribution in [1.82, 2.24) is 4.90 Å². The Balaban J connectivity index is 2.12. The third kappa shape index (κ3) is 4.70. The summed E-state index contributed by atoms with van der Waals surface area (Å²) in [7, 11) is 1.61. The van der Waals surface area contributed by atoms with Crippen molar-refractivity contribution in [3.63, 3.8) is 0 Å². The highest BCUT2D eigenvalue weighted by Crippen LogP contribution is 2.34. The molecule has 0 atom stereocenters. The molecular weight excluding hydrogens is 376 g/mol. The number of hydrogen-bond donors (Lipinski definition) is 0. The molecule has 1 aromatic rings. The van der Waals surface area contributed by atoms with Gasteiger partial charge in [-0.3, -0.25) is 14.5 Å². The smallest absolute Gasteiger partial charge is 0.265 e. The molecule has 2 rings (SSSR count). The van der Waals surface area contributed by atoms with Gasteiger partial charge >= 0.3 is 0 Å². The van der Waals surface area contributed by atoms with Gasteiger partial charge in [-0.05, 0) is 24.6 Å². The fourth-order valence-corrected chi connectivity index (χ4v) is 2.84. The zero-order valence-electron chi connectivity index (χ0n) is 14.1. The molecule has 1 aromatic carbocycles. The Hall–Kier alpha value is -1.60. The Kier molecular flexibility index (Phi) is 7.05. The fraction of sp³-hybridized carbons (Fsp3) is 0.529. The SMILES string of the molecule is CCCCN(CCOC)C(=O)CN1C(=O)COc2cc(Br)ccc21. The van der Waals surface area contributed by atoms with E-state index in [9.17, 15) is 9.59 Å². The van der Waals surface area contributed by atoms with E-state index < -0.39 is 0 Å². The van der Waals surface area contributed by atoms with Crippen molar-refractivity contribution in [1.29, 1.82) is 0 Å². The summed E-state index contributed by atoms with van der Waals surface area (Å²) in [5, 5.41) is 0. The van der Waals surface area contributed by atoms with Crippen molar-refractivity contribution < 1.29 is 19.1 Å². The van der Waals surface area contributed by atoms with Gasteiger partial charge in [-0.25, -0.2) is 0 Å². The van der Waals surface area contributed by atoms with E-state index in [4.69, 9.17) is 9.47 Å². The lowest BCUT2D eigenvalue weighted by Gasteiger charge is -2.31. The number of nitrogens with zero attached hydrogens (tertiary/aromatic N) is 2. The summed E-state index contributed by atoms with van der Waals surface area (Å²) in [4.78, 5) is 28.2. The molecule has 24 heavy (non-hydrogen) atoms. The average molecular weight is 399 g/mol. The molecule has 0 saturated carbocycles. The summed E-state index contributed by atoms with van der Waals surface area (Å²) in [6.07, 6.45) is 1.93.